The highest BCUT2D eigenvalue weighted by Gasteiger charge is 2.27. The Balaban J connectivity index is 1.95. The van der Waals surface area contributed by atoms with Crippen LogP contribution in [-0.2, 0) is 4.74 Å². The number of hydrogen-bond acceptors (Lipinski definition) is 5. The van der Waals surface area contributed by atoms with Crippen molar-refractivity contribution >= 4 is 11.8 Å². The predicted molar refractivity (Wildman–Crippen MR) is 84.6 cm³/mol. The molecule has 1 amide bonds. The Morgan fingerprint density at radius 1 is 1.35 bits per heavy atom. The van der Waals surface area contributed by atoms with Crippen LogP contribution in [-0.4, -0.2) is 42.2 Å². The summed E-state index contributed by atoms with van der Waals surface area (Å²) < 4.78 is 10.4. The smallest absolute Gasteiger partial charge is 0.410 e. The van der Waals surface area contributed by atoms with Gasteiger partial charge < -0.3 is 14.4 Å². The summed E-state index contributed by atoms with van der Waals surface area (Å²) in [5.41, 5.74) is -0.0276. The van der Waals surface area contributed by atoms with Crippen LogP contribution in [0.25, 0.3) is 0 Å². The van der Waals surface area contributed by atoms with Gasteiger partial charge in [0.15, 0.2) is 0 Å². The second-order valence-electron chi connectivity index (χ2n) is 5.60. The molecule has 1 fully saturated rings. The van der Waals surface area contributed by atoms with E-state index in [1.54, 1.807) is 12.0 Å². The van der Waals surface area contributed by atoms with Crippen molar-refractivity contribution in [2.75, 3.05) is 20.3 Å². The van der Waals surface area contributed by atoms with Crippen LogP contribution in [0.2, 0.25) is 0 Å². The molecule has 1 atom stereocenters. The van der Waals surface area contributed by atoms with Crippen LogP contribution in [0.15, 0.2) is 24.3 Å². The first-order valence-corrected chi connectivity index (χ1v) is 7.83. The molecule has 0 spiro atoms. The number of non-ortho nitro benzene ring substituents is 1. The van der Waals surface area contributed by atoms with E-state index in [4.69, 9.17) is 9.47 Å². The van der Waals surface area contributed by atoms with Crippen LogP contribution in [0.1, 0.15) is 32.1 Å². The Hall–Kier alpha value is -2.15. The number of methoxy groups -OCH3 is 1. The van der Waals surface area contributed by atoms with E-state index in [0.29, 0.717) is 18.9 Å². The molecule has 0 radical (unpaired) electrons. The lowest BCUT2D eigenvalue weighted by molar-refractivity contribution is -0.384. The molecular formula is C16H22N2O5. The van der Waals surface area contributed by atoms with Crippen LogP contribution >= 0.6 is 0 Å². The Bertz CT molecular complexity index is 532. The summed E-state index contributed by atoms with van der Waals surface area (Å²) in [4.78, 5) is 24.3. The zero-order valence-corrected chi connectivity index (χ0v) is 13.3. The number of carbonyl (C=O) groups excluding carboxylic acids is 1. The molecule has 2 rings (SSSR count). The summed E-state index contributed by atoms with van der Waals surface area (Å²) in [6.45, 7) is 1.37. The third-order valence-corrected chi connectivity index (χ3v) is 4.00. The first-order valence-electron chi connectivity index (χ1n) is 7.83. The van der Waals surface area contributed by atoms with E-state index in [1.165, 1.54) is 24.3 Å². The number of nitro benzene ring substituents is 1. The van der Waals surface area contributed by atoms with Crippen LogP contribution in [0.4, 0.5) is 10.5 Å². The monoisotopic (exact) mass is 322 g/mol. The normalized spacial score (nSPS) is 17.8. The topological polar surface area (TPSA) is 81.9 Å². The van der Waals surface area contributed by atoms with Gasteiger partial charge in [-0.25, -0.2) is 4.79 Å². The molecule has 0 bridgehead atoms. The fourth-order valence-electron chi connectivity index (χ4n) is 2.80. The number of hydrogen-bond donors (Lipinski definition) is 0. The molecule has 0 saturated carbocycles. The Kier molecular flexibility index (Phi) is 6.34. The predicted octanol–water partition coefficient (Wildman–Crippen LogP) is 3.37. The molecule has 7 nitrogen and oxygen atoms in total. The van der Waals surface area contributed by atoms with Crippen molar-refractivity contribution in [1.82, 2.24) is 4.90 Å². The van der Waals surface area contributed by atoms with Gasteiger partial charge >= 0.3 is 6.09 Å². The number of ether oxygens (including phenoxy) is 2. The first kappa shape index (κ1) is 17.2. The van der Waals surface area contributed by atoms with Gasteiger partial charge in [0, 0.05) is 38.4 Å². The summed E-state index contributed by atoms with van der Waals surface area (Å²) in [6, 6.07) is 5.72. The van der Waals surface area contributed by atoms with Crippen molar-refractivity contribution in [2.45, 2.75) is 38.1 Å². The summed E-state index contributed by atoms with van der Waals surface area (Å²) in [6.07, 6.45) is 4.46. The van der Waals surface area contributed by atoms with E-state index in [2.05, 4.69) is 0 Å². The van der Waals surface area contributed by atoms with Crippen LogP contribution in [0.3, 0.4) is 0 Å². The summed E-state index contributed by atoms with van der Waals surface area (Å²) >= 11 is 0. The molecule has 1 aromatic rings. The fraction of sp³-hybridized carbons (Fsp3) is 0.562. The molecule has 0 aliphatic carbocycles. The van der Waals surface area contributed by atoms with Gasteiger partial charge in [-0.3, -0.25) is 10.1 Å². The van der Waals surface area contributed by atoms with E-state index >= 15 is 0 Å². The quantitative estimate of drug-likeness (QED) is 0.455. The standard InChI is InChI=1S/C16H22N2O5/c1-22-12-4-6-13-5-2-3-11-17(13)16(19)23-15-9-7-14(8-10-15)18(20)21/h7-10,13H,2-6,11-12H2,1H3/t13-/m0/s1. The van der Waals surface area contributed by atoms with E-state index in [-0.39, 0.29) is 17.8 Å². The first-order chi connectivity index (χ1) is 11.1. The van der Waals surface area contributed by atoms with Crippen molar-refractivity contribution in [3.63, 3.8) is 0 Å². The maximum Gasteiger partial charge on any atom is 0.415 e. The van der Waals surface area contributed by atoms with Gasteiger partial charge in [-0.1, -0.05) is 0 Å². The summed E-state index contributed by atoms with van der Waals surface area (Å²) in [7, 11) is 1.67. The van der Waals surface area contributed by atoms with Gasteiger partial charge in [-0.2, -0.15) is 0 Å². The molecule has 0 aromatic heterocycles. The second-order valence-corrected chi connectivity index (χ2v) is 5.60. The lowest BCUT2D eigenvalue weighted by Crippen LogP contribution is -2.45. The Morgan fingerprint density at radius 3 is 2.74 bits per heavy atom. The number of piperidine rings is 1. The molecule has 1 aromatic carbocycles. The lowest BCUT2D eigenvalue weighted by atomic mass is 9.99. The Labute approximate surface area is 135 Å². The number of amides is 1. The molecule has 23 heavy (non-hydrogen) atoms. The SMILES string of the molecule is COCCC[C@@H]1CCCCN1C(=O)Oc1ccc([N+](=O)[O-])cc1. The minimum Gasteiger partial charge on any atom is -0.410 e. The molecule has 1 aliphatic heterocycles. The van der Waals surface area contributed by atoms with E-state index in [9.17, 15) is 14.9 Å². The maximum atomic E-state index is 12.4. The Morgan fingerprint density at radius 2 is 2.09 bits per heavy atom. The molecular weight excluding hydrogens is 300 g/mol. The zero-order chi connectivity index (χ0) is 16.7. The van der Waals surface area contributed by atoms with Gasteiger partial charge in [-0.05, 0) is 44.2 Å². The molecule has 1 saturated heterocycles. The second kappa shape index (κ2) is 8.47. The zero-order valence-electron chi connectivity index (χ0n) is 13.3. The molecule has 1 heterocycles. The van der Waals surface area contributed by atoms with Gasteiger partial charge in [0.1, 0.15) is 5.75 Å². The number of rotatable bonds is 6. The largest absolute Gasteiger partial charge is 0.415 e. The maximum absolute atomic E-state index is 12.4. The number of likely N-dealkylation sites (tertiary alicyclic amines) is 1. The van der Waals surface area contributed by atoms with E-state index < -0.39 is 4.92 Å². The average molecular weight is 322 g/mol. The van der Waals surface area contributed by atoms with Crippen LogP contribution < -0.4 is 4.74 Å². The van der Waals surface area contributed by atoms with Crippen LogP contribution in [0.5, 0.6) is 5.75 Å². The third-order valence-electron chi connectivity index (χ3n) is 4.00. The van der Waals surface area contributed by atoms with Crippen molar-refractivity contribution in [1.29, 1.82) is 0 Å². The molecule has 7 heteroatoms. The lowest BCUT2D eigenvalue weighted by Gasteiger charge is -2.34. The van der Waals surface area contributed by atoms with Crippen molar-refractivity contribution < 1.29 is 19.2 Å². The highest BCUT2D eigenvalue weighted by molar-refractivity contribution is 5.71. The highest BCUT2D eigenvalue weighted by Crippen LogP contribution is 2.23. The molecule has 0 unspecified atom stereocenters. The average Bonchev–Trinajstić information content (AvgIpc) is 2.56. The summed E-state index contributed by atoms with van der Waals surface area (Å²) in [5.74, 6) is 0.321. The highest BCUT2D eigenvalue weighted by atomic mass is 16.6. The van der Waals surface area contributed by atoms with Gasteiger partial charge in [0.25, 0.3) is 5.69 Å². The van der Waals surface area contributed by atoms with Crippen LogP contribution in [0, 0.1) is 10.1 Å². The van der Waals surface area contributed by atoms with Gasteiger partial charge in [0.05, 0.1) is 4.92 Å². The minimum atomic E-state index is -0.484. The molecule has 126 valence electrons. The molecule has 0 N–H and O–H groups in total. The third kappa shape index (κ3) is 4.92. The fourth-order valence-corrected chi connectivity index (χ4v) is 2.80. The summed E-state index contributed by atoms with van der Waals surface area (Å²) in [5, 5.41) is 10.6. The minimum absolute atomic E-state index is 0.0276. The molecule has 1 aliphatic rings. The van der Waals surface area contributed by atoms with E-state index in [0.717, 1.165) is 32.1 Å². The van der Waals surface area contributed by atoms with E-state index in [1.807, 2.05) is 0 Å². The van der Waals surface area contributed by atoms with Gasteiger partial charge in [0.2, 0.25) is 0 Å². The number of benzene rings is 1. The van der Waals surface area contributed by atoms with Crippen molar-refractivity contribution in [2.24, 2.45) is 0 Å². The number of nitro groups is 1. The number of nitrogens with zero attached hydrogens (tertiary/aromatic N) is 2. The number of carbonyl (C=O) groups is 1. The van der Waals surface area contributed by atoms with Gasteiger partial charge in [-0.15, -0.1) is 0 Å². The van der Waals surface area contributed by atoms with Crippen molar-refractivity contribution in [3.05, 3.63) is 34.4 Å². The van der Waals surface area contributed by atoms with Crippen molar-refractivity contribution in [3.8, 4) is 5.75 Å².